The van der Waals surface area contributed by atoms with Gasteiger partial charge >= 0.3 is 11.9 Å². The highest BCUT2D eigenvalue weighted by atomic mass is 16.5. The number of carbonyl (C=O) groups excluding carboxylic acids is 3. The highest BCUT2D eigenvalue weighted by Crippen LogP contribution is 2.25. The molecule has 1 fully saturated rings. The van der Waals surface area contributed by atoms with Crippen LogP contribution in [0.5, 0.6) is 0 Å². The first-order chi connectivity index (χ1) is 12.5. The molecule has 140 valence electrons. The molecule has 26 heavy (non-hydrogen) atoms. The third-order valence-corrected chi connectivity index (χ3v) is 4.86. The summed E-state index contributed by atoms with van der Waals surface area (Å²) < 4.78 is 6.99. The molecule has 0 saturated heterocycles. The molecule has 2 heterocycles. The number of nitrogens with zero attached hydrogens (tertiary/aromatic N) is 3. The molecule has 8 heteroatoms. The van der Waals surface area contributed by atoms with Crippen LogP contribution in [-0.4, -0.2) is 65.6 Å². The Hall–Kier alpha value is -2.51. The summed E-state index contributed by atoms with van der Waals surface area (Å²) in [6.45, 7) is 2.16. The lowest BCUT2D eigenvalue weighted by Crippen LogP contribution is -2.57. The van der Waals surface area contributed by atoms with E-state index >= 15 is 0 Å². The minimum Gasteiger partial charge on any atom is -0.496 e. The Kier molecular flexibility index (Phi) is 5.49. The summed E-state index contributed by atoms with van der Waals surface area (Å²) in [6.07, 6.45) is 8.04. The van der Waals surface area contributed by atoms with E-state index < -0.39 is 17.9 Å². The van der Waals surface area contributed by atoms with Gasteiger partial charge in [0.2, 0.25) is 0 Å². The quantitative estimate of drug-likeness (QED) is 0.716. The lowest BCUT2D eigenvalue weighted by Gasteiger charge is -2.28. The summed E-state index contributed by atoms with van der Waals surface area (Å²) >= 11 is 0. The minimum absolute atomic E-state index is 0.139. The van der Waals surface area contributed by atoms with Crippen molar-refractivity contribution in [2.24, 2.45) is 10.9 Å². The second-order valence-corrected chi connectivity index (χ2v) is 6.80. The van der Waals surface area contributed by atoms with Crippen LogP contribution in [0.1, 0.15) is 39.0 Å². The first-order valence-electron chi connectivity index (χ1n) is 9.15. The van der Waals surface area contributed by atoms with E-state index in [9.17, 15) is 14.4 Å². The van der Waals surface area contributed by atoms with Crippen molar-refractivity contribution >= 4 is 29.9 Å². The zero-order valence-electron chi connectivity index (χ0n) is 15.2. The molecule has 3 aliphatic rings. The number of imide groups is 1. The predicted octanol–water partition coefficient (Wildman–Crippen LogP) is 1.06. The Morgan fingerprint density at radius 2 is 2.12 bits per heavy atom. The van der Waals surface area contributed by atoms with E-state index in [1.807, 2.05) is 6.92 Å². The molecule has 0 aromatic heterocycles. The fourth-order valence-corrected chi connectivity index (χ4v) is 3.51. The summed E-state index contributed by atoms with van der Waals surface area (Å²) in [5, 5.41) is 2.91. The highest BCUT2D eigenvalue weighted by Gasteiger charge is 2.50. The molecule has 4 amide bonds. The monoisotopic (exact) mass is 361 g/mol. The number of nitrogens with one attached hydrogen (secondary N) is 1. The summed E-state index contributed by atoms with van der Waals surface area (Å²) in [4.78, 5) is 43.0. The number of dihydropyridines is 1. The number of fused-ring (bicyclic) bond motifs is 1. The summed E-state index contributed by atoms with van der Waals surface area (Å²) in [5.41, 5.74) is 0. The number of rotatable bonds is 6. The average Bonchev–Trinajstić information content (AvgIpc) is 3.14. The average molecular weight is 361 g/mol. The van der Waals surface area contributed by atoms with Crippen molar-refractivity contribution in [1.82, 2.24) is 10.2 Å². The van der Waals surface area contributed by atoms with E-state index in [1.54, 1.807) is 13.1 Å². The normalized spacial score (nSPS) is 23.2. The van der Waals surface area contributed by atoms with Gasteiger partial charge in [-0.05, 0) is 19.3 Å². The third-order valence-electron chi connectivity index (χ3n) is 4.86. The van der Waals surface area contributed by atoms with Crippen molar-refractivity contribution in [3.05, 3.63) is 11.8 Å². The number of carbonyl (C=O) groups is 3. The molecule has 1 saturated carbocycles. The zero-order chi connectivity index (χ0) is 18.7. The van der Waals surface area contributed by atoms with E-state index in [2.05, 4.69) is 10.3 Å². The van der Waals surface area contributed by atoms with Crippen LogP contribution >= 0.6 is 0 Å². The maximum Gasteiger partial charge on any atom is 0.446 e. The van der Waals surface area contributed by atoms with Gasteiger partial charge in [-0.2, -0.15) is 9.48 Å². The fourth-order valence-electron chi connectivity index (χ4n) is 3.51. The van der Waals surface area contributed by atoms with Crippen LogP contribution in [0.2, 0.25) is 0 Å². The summed E-state index contributed by atoms with van der Waals surface area (Å²) in [7, 11) is 1.55. The van der Waals surface area contributed by atoms with E-state index in [1.165, 1.54) is 10.8 Å². The van der Waals surface area contributed by atoms with Gasteiger partial charge in [0.15, 0.2) is 12.5 Å². The molecule has 0 spiro atoms. The van der Waals surface area contributed by atoms with Crippen LogP contribution in [0.3, 0.4) is 0 Å². The SMILES string of the molecule is CCCOC1=CC=NC2=[N+](C)C(=O)N(CC(=O)NC3CCCC3)C(=O)C12. The minimum atomic E-state index is -0.784. The fraction of sp³-hybridized carbons (Fsp3) is 0.611. The molecule has 1 N–H and O–H groups in total. The summed E-state index contributed by atoms with van der Waals surface area (Å²) in [6, 6.07) is -0.406. The molecule has 3 rings (SSSR count). The van der Waals surface area contributed by atoms with Crippen LogP contribution in [0, 0.1) is 5.92 Å². The number of allylic oxidation sites excluding steroid dienone is 1. The second kappa shape index (κ2) is 7.80. The highest BCUT2D eigenvalue weighted by molar-refractivity contribution is 6.16. The molecule has 0 radical (unpaired) electrons. The van der Waals surface area contributed by atoms with Crippen molar-refractivity contribution in [3.8, 4) is 0 Å². The Morgan fingerprint density at radius 3 is 2.81 bits per heavy atom. The van der Waals surface area contributed by atoms with Crippen LogP contribution in [-0.2, 0) is 14.3 Å². The van der Waals surface area contributed by atoms with Crippen LogP contribution < -0.4 is 5.32 Å². The largest absolute Gasteiger partial charge is 0.496 e. The Bertz CT molecular complexity index is 704. The van der Waals surface area contributed by atoms with Crippen LogP contribution in [0.4, 0.5) is 4.79 Å². The summed E-state index contributed by atoms with van der Waals surface area (Å²) in [5.74, 6) is -0.768. The standard InChI is InChI=1S/C18H24N4O4/c1-3-10-26-13-8-9-19-16-15(13)17(24)22(18(25)21(16)2)11-14(23)20-12-6-4-5-7-12/h8-9,12,15H,3-7,10-11H2,1-2H3/p+1. The first-order valence-corrected chi connectivity index (χ1v) is 9.15. The van der Waals surface area contributed by atoms with Gasteiger partial charge in [-0.1, -0.05) is 19.8 Å². The molecule has 0 aromatic rings. The van der Waals surface area contributed by atoms with Gasteiger partial charge in [-0.15, -0.1) is 4.99 Å². The van der Waals surface area contributed by atoms with Crippen molar-refractivity contribution in [2.75, 3.05) is 20.2 Å². The van der Waals surface area contributed by atoms with E-state index in [0.717, 1.165) is 37.0 Å². The van der Waals surface area contributed by atoms with Crippen molar-refractivity contribution in [1.29, 1.82) is 0 Å². The molecule has 1 unspecified atom stereocenters. The van der Waals surface area contributed by atoms with Gasteiger partial charge in [-0.3, -0.25) is 9.59 Å². The number of urea groups is 1. The van der Waals surface area contributed by atoms with E-state index in [-0.39, 0.29) is 18.5 Å². The molecule has 0 bridgehead atoms. The number of ether oxygens (including phenoxy) is 1. The molecule has 0 aromatic carbocycles. The van der Waals surface area contributed by atoms with Crippen molar-refractivity contribution in [3.63, 3.8) is 0 Å². The van der Waals surface area contributed by atoms with Crippen molar-refractivity contribution in [2.45, 2.75) is 45.1 Å². The maximum atomic E-state index is 12.9. The van der Waals surface area contributed by atoms with E-state index in [0.29, 0.717) is 18.2 Å². The molecule has 2 aliphatic heterocycles. The zero-order valence-corrected chi connectivity index (χ0v) is 15.2. The molecule has 1 atom stereocenters. The first kappa shape index (κ1) is 18.3. The van der Waals surface area contributed by atoms with Gasteiger partial charge in [0.1, 0.15) is 12.0 Å². The number of amidine groups is 1. The lowest BCUT2D eigenvalue weighted by atomic mass is 9.99. The Labute approximate surface area is 152 Å². The molecular weight excluding hydrogens is 336 g/mol. The predicted molar refractivity (Wildman–Crippen MR) is 95.0 cm³/mol. The van der Waals surface area contributed by atoms with Crippen molar-refractivity contribution < 1.29 is 23.7 Å². The van der Waals surface area contributed by atoms with Crippen LogP contribution in [0.25, 0.3) is 0 Å². The molecule has 1 aliphatic carbocycles. The van der Waals surface area contributed by atoms with Gasteiger partial charge < -0.3 is 10.1 Å². The molecular formula is C18H25N4O4+. The lowest BCUT2D eigenvalue weighted by molar-refractivity contribution is -0.408. The van der Waals surface area contributed by atoms with Crippen LogP contribution in [0.15, 0.2) is 16.8 Å². The second-order valence-electron chi connectivity index (χ2n) is 6.80. The van der Waals surface area contributed by atoms with Gasteiger partial charge in [0.05, 0.1) is 13.7 Å². The number of amides is 4. The number of hydrogen-bond donors (Lipinski definition) is 1. The molecule has 8 nitrogen and oxygen atoms in total. The van der Waals surface area contributed by atoms with E-state index in [4.69, 9.17) is 4.74 Å². The van der Waals surface area contributed by atoms with Gasteiger partial charge in [0.25, 0.3) is 11.7 Å². The number of aliphatic imine (C=N–C) groups is 1. The number of hydrogen-bond acceptors (Lipinski definition) is 5. The third kappa shape index (κ3) is 3.54. The van der Waals surface area contributed by atoms with Gasteiger partial charge in [-0.25, -0.2) is 4.79 Å². The smallest absolute Gasteiger partial charge is 0.446 e. The Balaban J connectivity index is 1.77. The van der Waals surface area contributed by atoms with Gasteiger partial charge in [0, 0.05) is 12.1 Å². The topological polar surface area (TPSA) is 91.1 Å². The Morgan fingerprint density at radius 1 is 1.38 bits per heavy atom. The maximum absolute atomic E-state index is 12.9.